The molecule has 0 radical (unpaired) electrons. The Labute approximate surface area is 140 Å². The lowest BCUT2D eigenvalue weighted by Crippen LogP contribution is -2.09. The van der Waals surface area contributed by atoms with Crippen LogP contribution in [0.15, 0.2) is 23.4 Å². The first-order chi connectivity index (χ1) is 11.1. The van der Waals surface area contributed by atoms with Gasteiger partial charge in [0, 0.05) is 11.6 Å². The van der Waals surface area contributed by atoms with Crippen LogP contribution in [0.5, 0.6) is 11.5 Å². The molecule has 1 aromatic carbocycles. The number of hydrogen-bond donors (Lipinski definition) is 2. The molecule has 0 atom stereocenters. The number of benzene rings is 1. The van der Waals surface area contributed by atoms with E-state index in [1.807, 2.05) is 19.9 Å². The van der Waals surface area contributed by atoms with Gasteiger partial charge in [0.2, 0.25) is 0 Å². The molecule has 2 N–H and O–H groups in total. The van der Waals surface area contributed by atoms with Crippen LogP contribution in [0.2, 0.25) is 0 Å². The summed E-state index contributed by atoms with van der Waals surface area (Å²) in [5.41, 5.74) is 1.02. The third-order valence-corrected chi connectivity index (χ3v) is 3.92. The van der Waals surface area contributed by atoms with Crippen LogP contribution in [0, 0.1) is 5.92 Å². The fourth-order valence-electron chi connectivity index (χ4n) is 2.55. The zero-order valence-electron chi connectivity index (χ0n) is 14.7. The zero-order valence-corrected chi connectivity index (χ0v) is 14.7. The summed E-state index contributed by atoms with van der Waals surface area (Å²) in [6.07, 6.45) is 8.73. The molecule has 0 heterocycles. The van der Waals surface area contributed by atoms with Gasteiger partial charge in [0.1, 0.15) is 11.5 Å². The molecule has 0 saturated heterocycles. The fourth-order valence-corrected chi connectivity index (χ4v) is 2.55. The van der Waals surface area contributed by atoms with Gasteiger partial charge in [-0.15, -0.1) is 0 Å². The average Bonchev–Trinajstić information content (AvgIpc) is 2.52. The van der Waals surface area contributed by atoms with Gasteiger partial charge in [0.15, 0.2) is 0 Å². The van der Waals surface area contributed by atoms with Gasteiger partial charge in [-0.2, -0.15) is 0 Å². The lowest BCUT2D eigenvalue weighted by atomic mass is 9.99. The van der Waals surface area contributed by atoms with Crippen LogP contribution in [0.1, 0.15) is 71.3 Å². The van der Waals surface area contributed by atoms with Crippen molar-refractivity contribution in [2.75, 3.05) is 6.61 Å². The van der Waals surface area contributed by atoms with Crippen LogP contribution in [0.25, 0.3) is 0 Å². The highest BCUT2D eigenvalue weighted by atomic mass is 16.5. The number of nitrogens with zero attached hydrogens (tertiary/aromatic N) is 1. The van der Waals surface area contributed by atoms with Gasteiger partial charge < -0.3 is 15.1 Å². The Hall–Kier alpha value is -1.71. The van der Waals surface area contributed by atoms with Crippen LogP contribution in [-0.2, 0) is 0 Å². The molecule has 23 heavy (non-hydrogen) atoms. The summed E-state index contributed by atoms with van der Waals surface area (Å²) in [5, 5.41) is 22.4. The van der Waals surface area contributed by atoms with Gasteiger partial charge in [-0.05, 0) is 24.5 Å². The van der Waals surface area contributed by atoms with Gasteiger partial charge >= 0.3 is 0 Å². The molecule has 0 unspecified atom stereocenters. The van der Waals surface area contributed by atoms with E-state index in [0.717, 1.165) is 6.42 Å². The van der Waals surface area contributed by atoms with E-state index < -0.39 is 0 Å². The predicted molar refractivity (Wildman–Crippen MR) is 94.8 cm³/mol. The molecule has 0 aromatic heterocycles. The minimum Gasteiger partial charge on any atom is -0.507 e. The quantitative estimate of drug-likeness (QED) is 0.250. The lowest BCUT2D eigenvalue weighted by molar-refractivity contribution is 0.302. The topological polar surface area (TPSA) is 62.0 Å². The SMILES string of the molecule is CCCCCCCCCOc1ccc(/C(=N/O)C(C)C)c(O)c1. The van der Waals surface area contributed by atoms with E-state index in [0.29, 0.717) is 23.6 Å². The van der Waals surface area contributed by atoms with Crippen LogP contribution in [0.3, 0.4) is 0 Å². The van der Waals surface area contributed by atoms with Gasteiger partial charge in [0.05, 0.1) is 12.3 Å². The van der Waals surface area contributed by atoms with Gasteiger partial charge in [0.25, 0.3) is 0 Å². The van der Waals surface area contributed by atoms with Crippen LogP contribution in [-0.4, -0.2) is 22.6 Å². The number of aromatic hydroxyl groups is 1. The molecule has 0 amide bonds. The van der Waals surface area contributed by atoms with Crippen molar-refractivity contribution in [3.8, 4) is 11.5 Å². The number of hydrogen-bond acceptors (Lipinski definition) is 4. The summed E-state index contributed by atoms with van der Waals surface area (Å²) < 4.78 is 5.68. The highest BCUT2D eigenvalue weighted by Gasteiger charge is 2.14. The molecular formula is C19H31NO3. The maximum absolute atomic E-state index is 10.1. The van der Waals surface area contributed by atoms with E-state index in [1.54, 1.807) is 12.1 Å². The second-order valence-corrected chi connectivity index (χ2v) is 6.29. The molecule has 4 nitrogen and oxygen atoms in total. The zero-order chi connectivity index (χ0) is 17.1. The third kappa shape index (κ3) is 6.93. The van der Waals surface area contributed by atoms with Crippen molar-refractivity contribution in [1.82, 2.24) is 0 Å². The highest BCUT2D eigenvalue weighted by Crippen LogP contribution is 2.26. The first-order valence-corrected chi connectivity index (χ1v) is 8.78. The Balaban J connectivity index is 2.38. The molecule has 0 saturated carbocycles. The summed E-state index contributed by atoms with van der Waals surface area (Å²) in [6.45, 7) is 6.72. The summed E-state index contributed by atoms with van der Waals surface area (Å²) >= 11 is 0. The van der Waals surface area contributed by atoms with Crippen molar-refractivity contribution in [3.63, 3.8) is 0 Å². The maximum atomic E-state index is 10.1. The fraction of sp³-hybridized carbons (Fsp3) is 0.632. The minimum atomic E-state index is 0.0328. The first kappa shape index (κ1) is 19.3. The van der Waals surface area contributed by atoms with E-state index in [1.165, 1.54) is 38.5 Å². The molecule has 0 fully saturated rings. The smallest absolute Gasteiger partial charge is 0.128 e. The monoisotopic (exact) mass is 321 g/mol. The van der Waals surface area contributed by atoms with Crippen molar-refractivity contribution in [2.45, 2.75) is 65.7 Å². The maximum Gasteiger partial charge on any atom is 0.128 e. The molecule has 0 spiro atoms. The Morgan fingerprint density at radius 2 is 1.74 bits per heavy atom. The predicted octanol–water partition coefficient (Wildman–Crippen LogP) is 5.36. The Morgan fingerprint density at radius 3 is 2.30 bits per heavy atom. The summed E-state index contributed by atoms with van der Waals surface area (Å²) in [6, 6.07) is 5.14. The lowest BCUT2D eigenvalue weighted by Gasteiger charge is -2.12. The van der Waals surface area contributed by atoms with E-state index in [4.69, 9.17) is 9.94 Å². The second kappa shape index (κ2) is 10.9. The number of phenols is 1. The largest absolute Gasteiger partial charge is 0.507 e. The molecular weight excluding hydrogens is 290 g/mol. The highest BCUT2D eigenvalue weighted by molar-refractivity contribution is 6.03. The Morgan fingerprint density at radius 1 is 1.09 bits per heavy atom. The van der Waals surface area contributed by atoms with Crippen molar-refractivity contribution in [3.05, 3.63) is 23.8 Å². The third-order valence-electron chi connectivity index (χ3n) is 3.92. The van der Waals surface area contributed by atoms with Crippen LogP contribution < -0.4 is 4.74 Å². The molecule has 130 valence electrons. The molecule has 0 aliphatic heterocycles. The molecule has 1 rings (SSSR count). The van der Waals surface area contributed by atoms with E-state index in [-0.39, 0.29) is 11.7 Å². The van der Waals surface area contributed by atoms with E-state index in [2.05, 4.69) is 12.1 Å². The first-order valence-electron chi connectivity index (χ1n) is 8.78. The Kier molecular flexibility index (Phi) is 9.18. The standard InChI is InChI=1S/C19H31NO3/c1-4-5-6-7-8-9-10-13-23-16-11-12-17(18(21)14-16)19(20-22)15(2)3/h11-12,14-15,21-22H,4-10,13H2,1-3H3/b20-19+. The summed E-state index contributed by atoms with van der Waals surface area (Å²) in [5.74, 6) is 0.771. The van der Waals surface area contributed by atoms with Gasteiger partial charge in [-0.25, -0.2) is 0 Å². The normalized spacial score (nSPS) is 11.9. The van der Waals surface area contributed by atoms with Crippen LogP contribution in [0.4, 0.5) is 0 Å². The van der Waals surface area contributed by atoms with Crippen molar-refractivity contribution < 1.29 is 15.1 Å². The number of unbranched alkanes of at least 4 members (excludes halogenated alkanes) is 6. The van der Waals surface area contributed by atoms with Gasteiger partial charge in [-0.3, -0.25) is 0 Å². The number of oxime groups is 1. The van der Waals surface area contributed by atoms with Crippen molar-refractivity contribution in [2.24, 2.45) is 11.1 Å². The van der Waals surface area contributed by atoms with Crippen molar-refractivity contribution >= 4 is 5.71 Å². The van der Waals surface area contributed by atoms with Gasteiger partial charge in [-0.1, -0.05) is 64.5 Å². The number of ether oxygens (including phenoxy) is 1. The number of rotatable bonds is 11. The number of phenolic OH excluding ortho intramolecular Hbond substituents is 1. The second-order valence-electron chi connectivity index (χ2n) is 6.29. The summed E-state index contributed by atoms with van der Waals surface area (Å²) in [4.78, 5) is 0. The minimum absolute atomic E-state index is 0.0328. The summed E-state index contributed by atoms with van der Waals surface area (Å²) in [7, 11) is 0. The molecule has 0 aliphatic rings. The van der Waals surface area contributed by atoms with E-state index >= 15 is 0 Å². The van der Waals surface area contributed by atoms with Crippen molar-refractivity contribution in [1.29, 1.82) is 0 Å². The average molecular weight is 321 g/mol. The molecule has 1 aromatic rings. The molecule has 0 bridgehead atoms. The molecule has 4 heteroatoms. The Bertz CT molecular complexity index is 484. The molecule has 0 aliphatic carbocycles. The van der Waals surface area contributed by atoms with Crippen LogP contribution >= 0.6 is 0 Å². The van der Waals surface area contributed by atoms with E-state index in [9.17, 15) is 5.11 Å².